The Morgan fingerprint density at radius 2 is 1.44 bits per heavy atom. The smallest absolute Gasteiger partial charge is 0.178 e. The van der Waals surface area contributed by atoms with Crippen molar-refractivity contribution >= 4 is 15.6 Å². The summed E-state index contributed by atoms with van der Waals surface area (Å²) in [5.74, 6) is 0.152. The molecule has 0 unspecified atom stereocenters. The molecule has 0 spiro atoms. The Morgan fingerprint density at radius 1 is 0.889 bits per heavy atom. The van der Waals surface area contributed by atoms with Gasteiger partial charge in [-0.2, -0.15) is 0 Å². The van der Waals surface area contributed by atoms with Crippen molar-refractivity contribution in [1.29, 1.82) is 0 Å². The average molecular weight is 508 g/mol. The fourth-order valence-corrected chi connectivity index (χ4v) is 6.82. The number of ketones is 1. The van der Waals surface area contributed by atoms with Crippen LogP contribution < -0.4 is 5.73 Å². The molecule has 4 nitrogen and oxygen atoms in total. The minimum Gasteiger partial charge on any atom is -0.326 e. The lowest BCUT2D eigenvalue weighted by Gasteiger charge is -2.28. The molecule has 0 aliphatic heterocycles. The highest BCUT2D eigenvalue weighted by atomic mass is 32.2. The van der Waals surface area contributed by atoms with Crippen molar-refractivity contribution in [2.24, 2.45) is 17.6 Å². The van der Waals surface area contributed by atoms with Gasteiger partial charge in [0.25, 0.3) is 0 Å². The lowest BCUT2D eigenvalue weighted by Crippen LogP contribution is -2.26. The molecule has 0 aromatic heterocycles. The maximum Gasteiger partial charge on any atom is 0.178 e. The number of hydrogen-bond donors (Lipinski definition) is 1. The number of halogens is 1. The maximum atomic E-state index is 13.2. The summed E-state index contributed by atoms with van der Waals surface area (Å²) in [5, 5.41) is 0. The number of carbonyl (C=O) groups excluding carboxylic acids is 1. The van der Waals surface area contributed by atoms with Crippen LogP contribution in [0.4, 0.5) is 4.39 Å². The van der Waals surface area contributed by atoms with Crippen molar-refractivity contribution in [2.45, 2.75) is 56.4 Å². The van der Waals surface area contributed by atoms with Crippen LogP contribution in [0.2, 0.25) is 0 Å². The van der Waals surface area contributed by atoms with E-state index in [0.717, 1.165) is 47.9 Å². The van der Waals surface area contributed by atoms with Gasteiger partial charge in [-0.25, -0.2) is 12.8 Å². The van der Waals surface area contributed by atoms with E-state index in [1.807, 2.05) is 43.3 Å². The molecule has 0 amide bonds. The van der Waals surface area contributed by atoms with Crippen molar-refractivity contribution in [3.8, 4) is 11.1 Å². The summed E-state index contributed by atoms with van der Waals surface area (Å²) in [4.78, 5) is 13.2. The van der Waals surface area contributed by atoms with E-state index in [0.29, 0.717) is 17.9 Å². The fourth-order valence-electron chi connectivity index (χ4n) is 5.12. The Morgan fingerprint density at radius 3 is 2.00 bits per heavy atom. The van der Waals surface area contributed by atoms with Gasteiger partial charge in [-0.05, 0) is 84.0 Å². The predicted octanol–water partition coefficient (Wildman–Crippen LogP) is 6.29. The Bertz CT molecular complexity index is 1260. The van der Waals surface area contributed by atoms with Crippen molar-refractivity contribution in [2.75, 3.05) is 5.75 Å². The lowest BCUT2D eigenvalue weighted by atomic mass is 9.78. The summed E-state index contributed by atoms with van der Waals surface area (Å²) in [5.41, 5.74) is 9.66. The van der Waals surface area contributed by atoms with Gasteiger partial charge in [0.1, 0.15) is 11.6 Å². The molecular formula is C30H34FNO3S. The summed E-state index contributed by atoms with van der Waals surface area (Å²) in [7, 11) is -3.40. The first-order chi connectivity index (χ1) is 17.2. The van der Waals surface area contributed by atoms with Crippen LogP contribution in [-0.4, -0.2) is 20.0 Å². The van der Waals surface area contributed by atoms with Crippen LogP contribution in [0.3, 0.4) is 0 Å². The number of rotatable bonds is 9. The molecule has 3 aromatic carbocycles. The van der Waals surface area contributed by atoms with E-state index >= 15 is 0 Å². The zero-order chi connectivity index (χ0) is 25.7. The molecule has 1 fully saturated rings. The first-order valence-electron chi connectivity index (χ1n) is 12.7. The molecule has 1 saturated carbocycles. The van der Waals surface area contributed by atoms with Gasteiger partial charge in [0.05, 0.1) is 10.6 Å². The number of benzene rings is 3. The van der Waals surface area contributed by atoms with Gasteiger partial charge in [0.15, 0.2) is 9.84 Å². The van der Waals surface area contributed by atoms with Crippen LogP contribution in [0, 0.1) is 17.7 Å². The third kappa shape index (κ3) is 6.48. The Kier molecular flexibility index (Phi) is 8.37. The standard InChI is InChI=1S/C30H34FNO3S/c1-21(24-10-14-28(31)15-11-24)18-30(33)27-8-4-23(5-9-27)20-36(34,35)29-16-12-26(13-17-29)25-6-2-22(19-32)3-7-25/h2-3,6-7,10-17,21,23,27H,4-5,8-9,18-20,32H2,1H3/t21-,23?,27?/m0/s1. The van der Waals surface area contributed by atoms with E-state index in [4.69, 9.17) is 5.73 Å². The van der Waals surface area contributed by atoms with E-state index in [1.54, 1.807) is 24.3 Å². The van der Waals surface area contributed by atoms with Crippen molar-refractivity contribution in [1.82, 2.24) is 0 Å². The van der Waals surface area contributed by atoms with Gasteiger partial charge in [-0.1, -0.05) is 55.5 Å². The average Bonchev–Trinajstić information content (AvgIpc) is 2.89. The maximum absolute atomic E-state index is 13.2. The fraction of sp³-hybridized carbons (Fsp3) is 0.367. The molecule has 4 rings (SSSR count). The Labute approximate surface area is 213 Å². The molecule has 0 saturated heterocycles. The molecule has 36 heavy (non-hydrogen) atoms. The summed E-state index contributed by atoms with van der Waals surface area (Å²) in [6, 6.07) is 21.3. The third-order valence-electron chi connectivity index (χ3n) is 7.44. The van der Waals surface area contributed by atoms with E-state index in [1.165, 1.54) is 12.1 Å². The zero-order valence-corrected chi connectivity index (χ0v) is 21.5. The molecule has 6 heteroatoms. The number of hydrogen-bond acceptors (Lipinski definition) is 4. The van der Waals surface area contributed by atoms with E-state index in [9.17, 15) is 17.6 Å². The van der Waals surface area contributed by atoms with Gasteiger partial charge in [0.2, 0.25) is 0 Å². The lowest BCUT2D eigenvalue weighted by molar-refractivity contribution is -0.124. The second-order valence-electron chi connectivity index (χ2n) is 10.0. The molecule has 0 radical (unpaired) electrons. The SMILES string of the molecule is C[C@@H](CC(=O)C1CCC(CS(=O)(=O)c2ccc(-c3ccc(CN)cc3)cc2)CC1)c1ccc(F)cc1. The molecule has 1 atom stereocenters. The normalized spacial score (nSPS) is 19.1. The number of sulfone groups is 1. The van der Waals surface area contributed by atoms with E-state index in [-0.39, 0.29) is 35.1 Å². The first-order valence-corrected chi connectivity index (χ1v) is 14.3. The van der Waals surface area contributed by atoms with Crippen LogP contribution in [0.5, 0.6) is 0 Å². The summed E-state index contributed by atoms with van der Waals surface area (Å²) in [6.45, 7) is 2.48. The second-order valence-corrected chi connectivity index (χ2v) is 12.1. The molecule has 2 N–H and O–H groups in total. The monoisotopic (exact) mass is 507 g/mol. The van der Waals surface area contributed by atoms with Crippen LogP contribution in [0.15, 0.2) is 77.7 Å². The highest BCUT2D eigenvalue weighted by molar-refractivity contribution is 7.91. The van der Waals surface area contributed by atoms with Crippen molar-refractivity contribution in [3.63, 3.8) is 0 Å². The highest BCUT2D eigenvalue weighted by Crippen LogP contribution is 2.34. The summed E-state index contributed by atoms with van der Waals surface area (Å²) in [6.07, 6.45) is 3.37. The molecule has 1 aliphatic carbocycles. The first kappa shape index (κ1) is 26.2. The quantitative estimate of drug-likeness (QED) is 0.369. The Hall–Kier alpha value is -2.83. The molecule has 3 aromatic rings. The predicted molar refractivity (Wildman–Crippen MR) is 142 cm³/mol. The van der Waals surface area contributed by atoms with Crippen molar-refractivity contribution < 1.29 is 17.6 Å². The van der Waals surface area contributed by atoms with Crippen LogP contribution in [0.1, 0.15) is 56.1 Å². The molecule has 0 bridgehead atoms. The molecule has 0 heterocycles. The van der Waals surface area contributed by atoms with Crippen LogP contribution in [-0.2, 0) is 21.2 Å². The Balaban J connectivity index is 1.30. The molecular weight excluding hydrogens is 473 g/mol. The van der Waals surface area contributed by atoms with Crippen LogP contribution in [0.25, 0.3) is 11.1 Å². The zero-order valence-electron chi connectivity index (χ0n) is 20.7. The van der Waals surface area contributed by atoms with Gasteiger partial charge in [-0.15, -0.1) is 0 Å². The third-order valence-corrected chi connectivity index (χ3v) is 9.34. The minimum atomic E-state index is -3.40. The second kappa shape index (κ2) is 11.5. The number of Topliss-reactive ketones (excluding diaryl/α,β-unsaturated/α-hetero) is 1. The van der Waals surface area contributed by atoms with E-state index < -0.39 is 9.84 Å². The van der Waals surface area contributed by atoms with Crippen LogP contribution >= 0.6 is 0 Å². The van der Waals surface area contributed by atoms with E-state index in [2.05, 4.69) is 0 Å². The molecule has 1 aliphatic rings. The number of nitrogens with two attached hydrogens (primary N) is 1. The van der Waals surface area contributed by atoms with Gasteiger partial charge < -0.3 is 5.73 Å². The minimum absolute atomic E-state index is 0.0169. The van der Waals surface area contributed by atoms with Gasteiger partial charge >= 0.3 is 0 Å². The largest absolute Gasteiger partial charge is 0.326 e. The van der Waals surface area contributed by atoms with Gasteiger partial charge in [0, 0.05) is 18.9 Å². The summed E-state index contributed by atoms with van der Waals surface area (Å²) >= 11 is 0. The number of carbonyl (C=O) groups is 1. The summed E-state index contributed by atoms with van der Waals surface area (Å²) < 4.78 is 39.3. The van der Waals surface area contributed by atoms with Gasteiger partial charge in [-0.3, -0.25) is 4.79 Å². The highest BCUT2D eigenvalue weighted by Gasteiger charge is 2.30. The topological polar surface area (TPSA) is 77.2 Å². The van der Waals surface area contributed by atoms with Crippen molar-refractivity contribution in [3.05, 3.63) is 89.7 Å². The molecule has 190 valence electrons.